The minimum atomic E-state index is -0.304. The van der Waals surface area contributed by atoms with E-state index < -0.39 is 0 Å². The molecule has 1 saturated carbocycles. The Kier molecular flexibility index (Phi) is 4.22. The number of aliphatic hydroxyl groups excluding tert-OH is 1. The molecule has 1 heterocycles. The lowest BCUT2D eigenvalue weighted by molar-refractivity contribution is -0.127. The average Bonchev–Trinajstić information content (AvgIpc) is 3.22. The lowest BCUT2D eigenvalue weighted by atomic mass is 10.1. The Bertz CT molecular complexity index is 607. The van der Waals surface area contributed by atoms with Gasteiger partial charge in [0.15, 0.2) is 0 Å². The largest absolute Gasteiger partial charge is 0.489 e. The Labute approximate surface area is 132 Å². The number of rotatable bonds is 5. The summed E-state index contributed by atoms with van der Waals surface area (Å²) in [4.78, 5) is 23.9. The summed E-state index contributed by atoms with van der Waals surface area (Å²) >= 11 is 6.05. The SMILES string of the molecule is O=C(NC1COc2c(Cl)cccc21)[C@H]1C[C@H]1C(=O)NCCO. The number of hydrogen-bond donors (Lipinski definition) is 3. The molecular weight excluding hydrogens is 308 g/mol. The van der Waals surface area contributed by atoms with E-state index in [4.69, 9.17) is 21.4 Å². The Morgan fingerprint density at radius 1 is 1.32 bits per heavy atom. The van der Waals surface area contributed by atoms with Crippen LogP contribution in [0, 0.1) is 11.8 Å². The lowest BCUT2D eigenvalue weighted by Crippen LogP contribution is -2.33. The molecular formula is C15H17ClN2O4. The quantitative estimate of drug-likeness (QED) is 0.741. The molecule has 6 nitrogen and oxygen atoms in total. The van der Waals surface area contributed by atoms with Gasteiger partial charge < -0.3 is 20.5 Å². The molecule has 22 heavy (non-hydrogen) atoms. The molecule has 0 aromatic heterocycles. The number of carbonyl (C=O) groups is 2. The Balaban J connectivity index is 1.57. The predicted molar refractivity (Wildman–Crippen MR) is 79.5 cm³/mol. The van der Waals surface area contributed by atoms with Crippen molar-refractivity contribution in [2.45, 2.75) is 12.5 Å². The minimum Gasteiger partial charge on any atom is -0.489 e. The number of aliphatic hydroxyl groups is 1. The van der Waals surface area contributed by atoms with E-state index in [-0.39, 0.29) is 42.8 Å². The van der Waals surface area contributed by atoms with Gasteiger partial charge in [0.2, 0.25) is 11.8 Å². The summed E-state index contributed by atoms with van der Waals surface area (Å²) in [6, 6.07) is 5.20. The van der Waals surface area contributed by atoms with E-state index in [1.807, 2.05) is 12.1 Å². The smallest absolute Gasteiger partial charge is 0.224 e. The summed E-state index contributed by atoms with van der Waals surface area (Å²) < 4.78 is 5.52. The fraction of sp³-hybridized carbons (Fsp3) is 0.467. The van der Waals surface area contributed by atoms with Crippen LogP contribution in [0.15, 0.2) is 18.2 Å². The van der Waals surface area contributed by atoms with Crippen molar-refractivity contribution in [3.05, 3.63) is 28.8 Å². The molecule has 0 radical (unpaired) electrons. The number of carbonyl (C=O) groups excluding carboxylic acids is 2. The Morgan fingerprint density at radius 3 is 2.86 bits per heavy atom. The normalized spacial score (nSPS) is 25.1. The third-order valence-electron chi connectivity index (χ3n) is 3.96. The standard InChI is InChI=1S/C15H17ClN2O4/c16-11-3-1-2-8-12(7-22-13(8)11)18-15(21)10-6-9(10)14(20)17-4-5-19/h1-3,9-10,12,19H,4-7H2,(H,17,20)(H,18,21)/t9-,10+,12?/m1/s1. The molecule has 2 aliphatic rings. The van der Waals surface area contributed by atoms with Gasteiger partial charge in [0.05, 0.1) is 29.5 Å². The fourth-order valence-electron chi connectivity index (χ4n) is 2.69. The van der Waals surface area contributed by atoms with Gasteiger partial charge in [-0.05, 0) is 12.5 Å². The van der Waals surface area contributed by atoms with E-state index in [2.05, 4.69) is 10.6 Å². The van der Waals surface area contributed by atoms with Gasteiger partial charge in [0.1, 0.15) is 12.4 Å². The number of fused-ring (bicyclic) bond motifs is 1. The second kappa shape index (κ2) is 6.14. The summed E-state index contributed by atoms with van der Waals surface area (Å²) in [5, 5.41) is 14.7. The molecule has 118 valence electrons. The first-order valence-corrected chi connectivity index (χ1v) is 7.59. The van der Waals surface area contributed by atoms with E-state index in [0.29, 0.717) is 23.8 Å². The summed E-state index contributed by atoms with van der Waals surface area (Å²) in [5.41, 5.74) is 0.864. The zero-order chi connectivity index (χ0) is 15.7. The molecule has 0 bridgehead atoms. The first-order valence-electron chi connectivity index (χ1n) is 7.22. The van der Waals surface area contributed by atoms with Crippen LogP contribution in [0.1, 0.15) is 18.0 Å². The zero-order valence-electron chi connectivity index (χ0n) is 11.8. The van der Waals surface area contributed by atoms with E-state index in [1.54, 1.807) is 6.07 Å². The maximum Gasteiger partial charge on any atom is 0.224 e. The van der Waals surface area contributed by atoms with Crippen LogP contribution in [0.25, 0.3) is 0 Å². The number of hydrogen-bond acceptors (Lipinski definition) is 4. The van der Waals surface area contributed by atoms with Gasteiger partial charge in [0, 0.05) is 12.1 Å². The van der Waals surface area contributed by atoms with Crippen LogP contribution < -0.4 is 15.4 Å². The number of amides is 2. The summed E-state index contributed by atoms with van der Waals surface area (Å²) in [6.07, 6.45) is 0.541. The molecule has 1 aliphatic carbocycles. The van der Waals surface area contributed by atoms with E-state index in [1.165, 1.54) is 0 Å². The Hall–Kier alpha value is -1.79. The second-order valence-corrected chi connectivity index (χ2v) is 5.90. The van der Waals surface area contributed by atoms with Gasteiger partial charge in [-0.3, -0.25) is 9.59 Å². The number of halogens is 1. The van der Waals surface area contributed by atoms with Gasteiger partial charge in [-0.15, -0.1) is 0 Å². The van der Waals surface area contributed by atoms with Crippen molar-refractivity contribution in [1.82, 2.24) is 10.6 Å². The lowest BCUT2D eigenvalue weighted by Gasteiger charge is -2.11. The predicted octanol–water partition coefficient (Wildman–Crippen LogP) is 0.634. The van der Waals surface area contributed by atoms with Gasteiger partial charge in [0.25, 0.3) is 0 Å². The van der Waals surface area contributed by atoms with Crippen LogP contribution in [0.3, 0.4) is 0 Å². The summed E-state index contributed by atoms with van der Waals surface area (Å²) in [5.74, 6) is -0.317. The first kappa shape index (κ1) is 15.1. The van der Waals surface area contributed by atoms with Crippen molar-refractivity contribution in [2.24, 2.45) is 11.8 Å². The molecule has 1 aromatic rings. The van der Waals surface area contributed by atoms with Crippen LogP contribution in [0.5, 0.6) is 5.75 Å². The molecule has 2 amide bonds. The highest BCUT2D eigenvalue weighted by atomic mass is 35.5. The van der Waals surface area contributed by atoms with Crippen LogP contribution in [0.4, 0.5) is 0 Å². The molecule has 7 heteroatoms. The van der Waals surface area contributed by atoms with Crippen molar-refractivity contribution in [2.75, 3.05) is 19.8 Å². The highest BCUT2D eigenvalue weighted by Crippen LogP contribution is 2.41. The number of nitrogens with one attached hydrogen (secondary N) is 2. The van der Waals surface area contributed by atoms with E-state index in [9.17, 15) is 9.59 Å². The van der Waals surface area contributed by atoms with Crippen LogP contribution >= 0.6 is 11.6 Å². The number of benzene rings is 1. The van der Waals surface area contributed by atoms with Gasteiger partial charge >= 0.3 is 0 Å². The molecule has 1 aromatic carbocycles. The van der Waals surface area contributed by atoms with E-state index in [0.717, 1.165) is 5.56 Å². The molecule has 3 rings (SSSR count). The zero-order valence-corrected chi connectivity index (χ0v) is 12.6. The van der Waals surface area contributed by atoms with Gasteiger partial charge in [-0.1, -0.05) is 23.7 Å². The van der Waals surface area contributed by atoms with Crippen molar-refractivity contribution in [3.63, 3.8) is 0 Å². The molecule has 0 spiro atoms. The van der Waals surface area contributed by atoms with Crippen LogP contribution in [-0.2, 0) is 9.59 Å². The van der Waals surface area contributed by atoms with E-state index >= 15 is 0 Å². The Morgan fingerprint density at radius 2 is 2.09 bits per heavy atom. The average molecular weight is 325 g/mol. The molecule has 1 unspecified atom stereocenters. The molecule has 3 N–H and O–H groups in total. The topological polar surface area (TPSA) is 87.7 Å². The van der Waals surface area contributed by atoms with Crippen molar-refractivity contribution in [3.8, 4) is 5.75 Å². The highest BCUT2D eigenvalue weighted by molar-refractivity contribution is 6.32. The monoisotopic (exact) mass is 324 g/mol. The molecule has 1 fully saturated rings. The summed E-state index contributed by atoms with van der Waals surface area (Å²) in [7, 11) is 0. The highest BCUT2D eigenvalue weighted by Gasteiger charge is 2.48. The minimum absolute atomic E-state index is 0.105. The molecule has 0 saturated heterocycles. The van der Waals surface area contributed by atoms with Gasteiger partial charge in [-0.25, -0.2) is 0 Å². The van der Waals surface area contributed by atoms with Crippen molar-refractivity contribution >= 4 is 23.4 Å². The second-order valence-electron chi connectivity index (χ2n) is 5.49. The number of ether oxygens (including phenoxy) is 1. The van der Waals surface area contributed by atoms with Crippen molar-refractivity contribution < 1.29 is 19.4 Å². The third-order valence-corrected chi connectivity index (χ3v) is 4.26. The molecule has 1 aliphatic heterocycles. The summed E-state index contributed by atoms with van der Waals surface area (Å²) in [6.45, 7) is 0.456. The molecule has 3 atom stereocenters. The first-order chi connectivity index (χ1) is 10.6. The number of para-hydroxylation sites is 1. The van der Waals surface area contributed by atoms with Crippen molar-refractivity contribution in [1.29, 1.82) is 0 Å². The maximum absolute atomic E-state index is 12.2. The maximum atomic E-state index is 12.2. The third kappa shape index (κ3) is 2.89. The van der Waals surface area contributed by atoms with Gasteiger partial charge in [-0.2, -0.15) is 0 Å². The van der Waals surface area contributed by atoms with Crippen LogP contribution in [-0.4, -0.2) is 36.7 Å². The fourth-order valence-corrected chi connectivity index (χ4v) is 2.93. The van der Waals surface area contributed by atoms with Crippen LogP contribution in [0.2, 0.25) is 5.02 Å².